The van der Waals surface area contributed by atoms with Crippen LogP contribution in [-0.4, -0.2) is 48.5 Å². The van der Waals surface area contributed by atoms with Gasteiger partial charge in [-0.25, -0.2) is 9.97 Å². The van der Waals surface area contributed by atoms with Crippen molar-refractivity contribution in [3.8, 4) is 11.1 Å². The first-order valence-corrected chi connectivity index (χ1v) is 11.4. The molecule has 0 aliphatic heterocycles. The third-order valence-corrected chi connectivity index (χ3v) is 5.96. The number of aliphatic hydroxyl groups is 1. The fourth-order valence-corrected chi connectivity index (χ4v) is 4.57. The normalized spacial score (nSPS) is 12.2. The van der Waals surface area contributed by atoms with Crippen LogP contribution in [0.3, 0.4) is 0 Å². The van der Waals surface area contributed by atoms with E-state index in [0.717, 1.165) is 32.7 Å². The van der Waals surface area contributed by atoms with Crippen molar-refractivity contribution >= 4 is 27.4 Å². The van der Waals surface area contributed by atoms with Crippen molar-refractivity contribution in [2.45, 2.75) is 19.3 Å². The number of likely N-dealkylation sites (N-methyl/N-ethyl adjacent to an activating group) is 1. The van der Waals surface area contributed by atoms with Crippen LogP contribution in [-0.2, 0) is 22.7 Å². The van der Waals surface area contributed by atoms with E-state index in [1.165, 1.54) is 0 Å². The number of hydrogen-bond donors (Lipinski definition) is 1. The molecule has 0 saturated carbocycles. The number of anilines is 1. The maximum atomic E-state index is 10.6. The van der Waals surface area contributed by atoms with Crippen molar-refractivity contribution < 1.29 is 14.6 Å². The molecule has 1 N–H and O–H groups in total. The van der Waals surface area contributed by atoms with E-state index < -0.39 is 6.10 Å². The number of benzene rings is 2. The number of hydrogen-bond acceptors (Lipinski definition) is 7. The summed E-state index contributed by atoms with van der Waals surface area (Å²) in [6.07, 6.45) is -0.654. The molecule has 7 heteroatoms. The second kappa shape index (κ2) is 10.7. The second-order valence-corrected chi connectivity index (χ2v) is 8.49. The van der Waals surface area contributed by atoms with Gasteiger partial charge in [-0.2, -0.15) is 0 Å². The minimum Gasteiger partial charge on any atom is -0.389 e. The third-order valence-electron chi connectivity index (χ3n) is 5.09. The number of nitrogens with zero attached hydrogens (tertiary/aromatic N) is 3. The first-order chi connectivity index (χ1) is 15.7. The molecule has 2 aromatic heterocycles. The molecule has 1 atom stereocenters. The van der Waals surface area contributed by atoms with Crippen molar-refractivity contribution in [3.63, 3.8) is 0 Å². The smallest absolute Gasteiger partial charge is 0.158 e. The predicted octanol–water partition coefficient (Wildman–Crippen LogP) is 4.52. The SMILES string of the molecule is COCc1nc(N(C)CC(O)COCc2ccccc2)c2c(-c3ccccc3)csc2n1. The molecule has 1 unspecified atom stereocenters. The van der Waals surface area contributed by atoms with Gasteiger partial charge in [0, 0.05) is 31.6 Å². The van der Waals surface area contributed by atoms with Crippen LogP contribution in [0.15, 0.2) is 66.0 Å². The summed E-state index contributed by atoms with van der Waals surface area (Å²) in [7, 11) is 3.57. The molecule has 0 bridgehead atoms. The van der Waals surface area contributed by atoms with Crippen LogP contribution in [0.2, 0.25) is 0 Å². The van der Waals surface area contributed by atoms with E-state index in [9.17, 15) is 5.11 Å². The molecule has 0 aliphatic rings. The van der Waals surface area contributed by atoms with Gasteiger partial charge in [-0.05, 0) is 11.1 Å². The van der Waals surface area contributed by atoms with Gasteiger partial charge in [-0.1, -0.05) is 60.7 Å². The lowest BCUT2D eigenvalue weighted by atomic mass is 10.1. The lowest BCUT2D eigenvalue weighted by Gasteiger charge is -2.23. The fraction of sp³-hybridized carbons (Fsp3) is 0.280. The van der Waals surface area contributed by atoms with E-state index in [0.29, 0.717) is 25.6 Å². The summed E-state index contributed by atoms with van der Waals surface area (Å²) in [4.78, 5) is 12.3. The van der Waals surface area contributed by atoms with E-state index in [-0.39, 0.29) is 6.61 Å². The van der Waals surface area contributed by atoms with E-state index in [4.69, 9.17) is 14.5 Å². The van der Waals surface area contributed by atoms with Gasteiger partial charge in [0.15, 0.2) is 5.82 Å². The summed E-state index contributed by atoms with van der Waals surface area (Å²) in [5.74, 6) is 1.40. The summed E-state index contributed by atoms with van der Waals surface area (Å²) in [6, 6.07) is 20.2. The summed E-state index contributed by atoms with van der Waals surface area (Å²) >= 11 is 1.59. The van der Waals surface area contributed by atoms with Gasteiger partial charge in [-0.3, -0.25) is 0 Å². The van der Waals surface area contributed by atoms with Crippen LogP contribution >= 0.6 is 11.3 Å². The number of methoxy groups -OCH3 is 1. The summed E-state index contributed by atoms with van der Waals surface area (Å²) in [5, 5.41) is 13.7. The Morgan fingerprint density at radius 2 is 1.72 bits per heavy atom. The molecule has 4 rings (SSSR count). The molecular formula is C25H27N3O3S. The average Bonchev–Trinajstić information content (AvgIpc) is 3.24. The minimum atomic E-state index is -0.654. The maximum absolute atomic E-state index is 10.6. The second-order valence-electron chi connectivity index (χ2n) is 7.63. The Labute approximate surface area is 192 Å². The minimum absolute atomic E-state index is 0.244. The first-order valence-electron chi connectivity index (χ1n) is 10.5. The molecular weight excluding hydrogens is 422 g/mol. The zero-order valence-electron chi connectivity index (χ0n) is 18.3. The van der Waals surface area contributed by atoms with Crippen molar-refractivity contribution in [3.05, 3.63) is 77.4 Å². The molecule has 6 nitrogen and oxygen atoms in total. The zero-order chi connectivity index (χ0) is 22.3. The van der Waals surface area contributed by atoms with Gasteiger partial charge in [0.1, 0.15) is 17.3 Å². The highest BCUT2D eigenvalue weighted by atomic mass is 32.1. The lowest BCUT2D eigenvalue weighted by molar-refractivity contribution is 0.0324. The number of aromatic nitrogens is 2. The monoisotopic (exact) mass is 449 g/mol. The molecule has 0 spiro atoms. The Kier molecular flexibility index (Phi) is 7.44. The Hall–Kier alpha value is -2.84. The van der Waals surface area contributed by atoms with Crippen LogP contribution in [0, 0.1) is 0 Å². The van der Waals surface area contributed by atoms with Gasteiger partial charge in [-0.15, -0.1) is 11.3 Å². The Morgan fingerprint density at radius 1 is 1.00 bits per heavy atom. The molecule has 0 fully saturated rings. The predicted molar refractivity (Wildman–Crippen MR) is 129 cm³/mol. The number of thiophene rings is 1. The first kappa shape index (κ1) is 22.4. The van der Waals surface area contributed by atoms with Gasteiger partial charge in [0.25, 0.3) is 0 Å². The lowest BCUT2D eigenvalue weighted by Crippen LogP contribution is -2.33. The average molecular weight is 450 g/mol. The number of ether oxygens (including phenoxy) is 2. The highest BCUT2D eigenvalue weighted by Crippen LogP contribution is 2.38. The van der Waals surface area contributed by atoms with Gasteiger partial charge < -0.3 is 19.5 Å². The Morgan fingerprint density at radius 3 is 2.44 bits per heavy atom. The largest absolute Gasteiger partial charge is 0.389 e. The van der Waals surface area contributed by atoms with Gasteiger partial charge >= 0.3 is 0 Å². The quantitative estimate of drug-likeness (QED) is 0.384. The summed E-state index contributed by atoms with van der Waals surface area (Å²) in [5.41, 5.74) is 3.29. The zero-order valence-corrected chi connectivity index (χ0v) is 19.1. The van der Waals surface area contributed by atoms with Gasteiger partial charge in [0.2, 0.25) is 0 Å². The fourth-order valence-electron chi connectivity index (χ4n) is 3.61. The van der Waals surface area contributed by atoms with Crippen LogP contribution in [0.4, 0.5) is 5.82 Å². The number of rotatable bonds is 10. The molecule has 0 aliphatic carbocycles. The molecule has 0 saturated heterocycles. The van der Waals surface area contributed by atoms with E-state index >= 15 is 0 Å². The Bertz CT molecular complexity index is 1140. The van der Waals surface area contributed by atoms with Crippen molar-refractivity contribution in [1.82, 2.24) is 9.97 Å². The highest BCUT2D eigenvalue weighted by Gasteiger charge is 2.20. The van der Waals surface area contributed by atoms with Gasteiger partial charge in [0.05, 0.1) is 24.7 Å². The number of aliphatic hydroxyl groups excluding tert-OH is 1. The molecule has 2 aromatic carbocycles. The number of fused-ring (bicyclic) bond motifs is 1. The van der Waals surface area contributed by atoms with Crippen molar-refractivity contribution in [1.29, 1.82) is 0 Å². The summed E-state index contributed by atoms with van der Waals surface area (Å²) in [6.45, 7) is 1.43. The maximum Gasteiger partial charge on any atom is 0.158 e. The molecule has 166 valence electrons. The van der Waals surface area contributed by atoms with Crippen LogP contribution in [0.1, 0.15) is 11.4 Å². The van der Waals surface area contributed by atoms with E-state index in [1.54, 1.807) is 18.4 Å². The van der Waals surface area contributed by atoms with Crippen molar-refractivity contribution in [2.75, 3.05) is 32.2 Å². The Balaban J connectivity index is 1.55. The molecule has 0 radical (unpaired) electrons. The van der Waals surface area contributed by atoms with Crippen molar-refractivity contribution in [2.24, 2.45) is 0 Å². The molecule has 2 heterocycles. The topological polar surface area (TPSA) is 67.7 Å². The molecule has 0 amide bonds. The highest BCUT2D eigenvalue weighted by molar-refractivity contribution is 7.17. The third kappa shape index (κ3) is 5.31. The van der Waals surface area contributed by atoms with Crippen LogP contribution < -0.4 is 4.90 Å². The standard InChI is InChI=1S/C25H27N3O3S/c1-28(13-20(29)15-31-14-18-9-5-3-6-10-18)24-23-21(19-11-7-4-8-12-19)17-32-25(23)27-22(26-24)16-30-2/h3-12,17,20,29H,13-16H2,1-2H3. The van der Waals surface area contributed by atoms with E-state index in [1.807, 2.05) is 60.5 Å². The summed E-state index contributed by atoms with van der Waals surface area (Å²) < 4.78 is 11.0. The van der Waals surface area contributed by atoms with E-state index in [2.05, 4.69) is 22.5 Å². The van der Waals surface area contributed by atoms with Crippen LogP contribution in [0.5, 0.6) is 0 Å². The van der Waals surface area contributed by atoms with Crippen LogP contribution in [0.25, 0.3) is 21.3 Å². The molecule has 32 heavy (non-hydrogen) atoms. The molecule has 4 aromatic rings.